The van der Waals surface area contributed by atoms with Crippen LogP contribution in [-0.4, -0.2) is 28.7 Å². The van der Waals surface area contributed by atoms with Gasteiger partial charge in [-0.2, -0.15) is 0 Å². The molecule has 0 fully saturated rings. The summed E-state index contributed by atoms with van der Waals surface area (Å²) in [5, 5.41) is 12.1. The summed E-state index contributed by atoms with van der Waals surface area (Å²) in [5.74, 6) is 0. The van der Waals surface area contributed by atoms with Gasteiger partial charge in [0, 0.05) is 24.9 Å². The van der Waals surface area contributed by atoms with Crippen molar-refractivity contribution < 1.29 is 9.90 Å². The third kappa shape index (κ3) is 4.60. The lowest BCUT2D eigenvalue weighted by Crippen LogP contribution is -2.41. The highest BCUT2D eigenvalue weighted by Crippen LogP contribution is 2.14. The summed E-state index contributed by atoms with van der Waals surface area (Å²) in [5.41, 5.74) is 1.83. The van der Waals surface area contributed by atoms with Crippen LogP contribution in [0.25, 0.3) is 0 Å². The zero-order valence-electron chi connectivity index (χ0n) is 12.8. The van der Waals surface area contributed by atoms with Gasteiger partial charge in [-0.15, -0.1) is 0 Å². The van der Waals surface area contributed by atoms with Crippen LogP contribution in [0.15, 0.2) is 60.7 Å². The standard InChI is InChI=1S/C18H22N2O2/c1-15(12-13-21)20(14-16-8-4-2-5-9-16)18(22)19-17-10-6-3-7-11-17/h2-11,15,21H,12-14H2,1H3,(H,19,22). The topological polar surface area (TPSA) is 52.6 Å². The second-order valence-electron chi connectivity index (χ2n) is 5.27. The number of urea groups is 1. The zero-order valence-corrected chi connectivity index (χ0v) is 12.8. The predicted octanol–water partition coefficient (Wildman–Crippen LogP) is 3.49. The number of nitrogens with zero attached hydrogens (tertiary/aromatic N) is 1. The number of anilines is 1. The Morgan fingerprint density at radius 2 is 1.68 bits per heavy atom. The van der Waals surface area contributed by atoms with Crippen molar-refractivity contribution in [2.75, 3.05) is 11.9 Å². The van der Waals surface area contributed by atoms with Crippen LogP contribution in [0, 0.1) is 0 Å². The van der Waals surface area contributed by atoms with Gasteiger partial charge in [0.25, 0.3) is 0 Å². The molecule has 0 spiro atoms. The number of hydrogen-bond donors (Lipinski definition) is 2. The first-order valence-corrected chi connectivity index (χ1v) is 7.48. The van der Waals surface area contributed by atoms with Crippen LogP contribution in [0.3, 0.4) is 0 Å². The molecule has 0 radical (unpaired) electrons. The summed E-state index contributed by atoms with van der Waals surface area (Å²) in [6.07, 6.45) is 0.551. The van der Waals surface area contributed by atoms with Crippen molar-refractivity contribution >= 4 is 11.7 Å². The zero-order chi connectivity index (χ0) is 15.8. The molecule has 0 bridgehead atoms. The van der Waals surface area contributed by atoms with Gasteiger partial charge in [0.05, 0.1) is 0 Å². The van der Waals surface area contributed by atoms with E-state index in [2.05, 4.69) is 5.32 Å². The summed E-state index contributed by atoms with van der Waals surface area (Å²) in [6, 6.07) is 19.0. The Balaban J connectivity index is 2.11. The Kier molecular flexibility index (Phi) is 5.98. The second-order valence-corrected chi connectivity index (χ2v) is 5.27. The van der Waals surface area contributed by atoms with Crippen molar-refractivity contribution in [1.29, 1.82) is 0 Å². The Bertz CT molecular complexity index is 572. The Morgan fingerprint density at radius 1 is 1.09 bits per heavy atom. The molecule has 0 aliphatic rings. The molecule has 0 aromatic heterocycles. The summed E-state index contributed by atoms with van der Waals surface area (Å²) in [4.78, 5) is 14.3. The van der Waals surface area contributed by atoms with Gasteiger partial charge < -0.3 is 15.3 Å². The molecule has 2 aromatic rings. The quantitative estimate of drug-likeness (QED) is 0.857. The molecular weight excluding hydrogens is 276 g/mol. The fourth-order valence-corrected chi connectivity index (χ4v) is 2.27. The van der Waals surface area contributed by atoms with Crippen LogP contribution >= 0.6 is 0 Å². The van der Waals surface area contributed by atoms with Gasteiger partial charge in [0.15, 0.2) is 0 Å². The molecule has 22 heavy (non-hydrogen) atoms. The maximum atomic E-state index is 12.6. The maximum absolute atomic E-state index is 12.6. The normalized spacial score (nSPS) is 11.7. The first-order valence-electron chi connectivity index (χ1n) is 7.48. The summed E-state index contributed by atoms with van der Waals surface area (Å²) in [7, 11) is 0. The monoisotopic (exact) mass is 298 g/mol. The molecule has 0 aliphatic carbocycles. The highest BCUT2D eigenvalue weighted by atomic mass is 16.3. The molecule has 116 valence electrons. The lowest BCUT2D eigenvalue weighted by molar-refractivity contribution is 0.169. The number of hydrogen-bond acceptors (Lipinski definition) is 2. The van der Waals surface area contributed by atoms with E-state index in [9.17, 15) is 4.79 Å². The van der Waals surface area contributed by atoms with E-state index in [-0.39, 0.29) is 18.7 Å². The van der Waals surface area contributed by atoms with Crippen molar-refractivity contribution in [3.8, 4) is 0 Å². The van der Waals surface area contributed by atoms with Crippen molar-refractivity contribution in [3.63, 3.8) is 0 Å². The van der Waals surface area contributed by atoms with Crippen molar-refractivity contribution in [3.05, 3.63) is 66.2 Å². The number of aliphatic hydroxyl groups is 1. The third-order valence-corrected chi connectivity index (χ3v) is 3.56. The highest BCUT2D eigenvalue weighted by Gasteiger charge is 2.20. The van der Waals surface area contributed by atoms with Gasteiger partial charge in [-0.25, -0.2) is 4.79 Å². The second kappa shape index (κ2) is 8.20. The SMILES string of the molecule is CC(CCO)N(Cc1ccccc1)C(=O)Nc1ccccc1. The molecule has 0 saturated heterocycles. The molecular formula is C18H22N2O2. The van der Waals surface area contributed by atoms with Crippen LogP contribution in [-0.2, 0) is 6.54 Å². The van der Waals surface area contributed by atoms with Gasteiger partial charge in [-0.1, -0.05) is 48.5 Å². The minimum Gasteiger partial charge on any atom is -0.396 e. The van der Waals surface area contributed by atoms with E-state index in [1.54, 1.807) is 4.90 Å². The number of carbonyl (C=O) groups excluding carboxylic acids is 1. The van der Waals surface area contributed by atoms with Crippen molar-refractivity contribution in [1.82, 2.24) is 4.90 Å². The smallest absolute Gasteiger partial charge is 0.322 e. The Morgan fingerprint density at radius 3 is 2.27 bits per heavy atom. The Hall–Kier alpha value is -2.33. The van der Waals surface area contributed by atoms with Crippen molar-refractivity contribution in [2.24, 2.45) is 0 Å². The van der Waals surface area contributed by atoms with Gasteiger partial charge >= 0.3 is 6.03 Å². The molecule has 0 saturated carbocycles. The first-order chi connectivity index (χ1) is 10.7. The third-order valence-electron chi connectivity index (χ3n) is 3.56. The molecule has 2 rings (SSSR count). The number of nitrogens with one attached hydrogen (secondary N) is 1. The number of rotatable bonds is 6. The minimum absolute atomic E-state index is 0.0473. The van der Waals surface area contributed by atoms with Gasteiger partial charge in [0.2, 0.25) is 0 Å². The number of para-hydroxylation sites is 1. The first kappa shape index (κ1) is 16.0. The van der Waals surface area contributed by atoms with E-state index < -0.39 is 0 Å². The summed E-state index contributed by atoms with van der Waals surface area (Å²) < 4.78 is 0. The lowest BCUT2D eigenvalue weighted by atomic mass is 10.1. The van der Waals surface area contributed by atoms with Gasteiger partial charge in [-0.3, -0.25) is 0 Å². The number of aliphatic hydroxyl groups excluding tert-OH is 1. The van der Waals surface area contributed by atoms with E-state index in [1.165, 1.54) is 0 Å². The molecule has 1 unspecified atom stereocenters. The molecule has 4 nitrogen and oxygen atoms in total. The number of amides is 2. The van der Waals surface area contributed by atoms with Crippen LogP contribution in [0.5, 0.6) is 0 Å². The van der Waals surface area contributed by atoms with Gasteiger partial charge in [-0.05, 0) is 31.0 Å². The van der Waals surface area contributed by atoms with Crippen LogP contribution < -0.4 is 5.32 Å². The van der Waals surface area contributed by atoms with Crippen LogP contribution in [0.1, 0.15) is 18.9 Å². The molecule has 2 aromatic carbocycles. The average Bonchev–Trinajstić information content (AvgIpc) is 2.54. The van der Waals surface area contributed by atoms with Crippen LogP contribution in [0.4, 0.5) is 10.5 Å². The van der Waals surface area contributed by atoms with E-state index in [0.717, 1.165) is 11.3 Å². The van der Waals surface area contributed by atoms with E-state index in [4.69, 9.17) is 5.11 Å². The molecule has 0 heterocycles. The largest absolute Gasteiger partial charge is 0.396 e. The predicted molar refractivity (Wildman–Crippen MR) is 88.6 cm³/mol. The van der Waals surface area contributed by atoms with Crippen LogP contribution in [0.2, 0.25) is 0 Å². The van der Waals surface area contributed by atoms with E-state index in [0.29, 0.717) is 13.0 Å². The molecule has 4 heteroatoms. The molecule has 2 N–H and O–H groups in total. The number of carbonyl (C=O) groups is 1. The fourth-order valence-electron chi connectivity index (χ4n) is 2.27. The maximum Gasteiger partial charge on any atom is 0.322 e. The average molecular weight is 298 g/mol. The molecule has 2 amide bonds. The molecule has 0 aliphatic heterocycles. The Labute approximate surface area is 131 Å². The lowest BCUT2D eigenvalue weighted by Gasteiger charge is -2.29. The van der Waals surface area contributed by atoms with E-state index in [1.807, 2.05) is 67.6 Å². The summed E-state index contributed by atoms with van der Waals surface area (Å²) in [6.45, 7) is 2.52. The summed E-state index contributed by atoms with van der Waals surface area (Å²) >= 11 is 0. The van der Waals surface area contributed by atoms with Crippen molar-refractivity contribution in [2.45, 2.75) is 25.9 Å². The number of benzene rings is 2. The highest BCUT2D eigenvalue weighted by molar-refractivity contribution is 5.89. The fraction of sp³-hybridized carbons (Fsp3) is 0.278. The minimum atomic E-state index is -0.156. The molecule has 1 atom stereocenters. The van der Waals surface area contributed by atoms with Gasteiger partial charge in [0.1, 0.15) is 0 Å². The van der Waals surface area contributed by atoms with E-state index >= 15 is 0 Å².